The number of carbonyl (C=O) groups excluding carboxylic acids is 1. The molecule has 0 saturated heterocycles. The van der Waals surface area contributed by atoms with E-state index in [1.165, 1.54) is 0 Å². The summed E-state index contributed by atoms with van der Waals surface area (Å²) in [4.78, 5) is 10.4. The van der Waals surface area contributed by atoms with Gasteiger partial charge in [-0.15, -0.1) is 0 Å². The molecule has 0 fully saturated rings. The third-order valence-corrected chi connectivity index (χ3v) is 2.00. The van der Waals surface area contributed by atoms with Gasteiger partial charge in [-0.1, -0.05) is 12.2 Å². The number of nitrogens with two attached hydrogens (primary N) is 1. The first-order chi connectivity index (χ1) is 5.79. The minimum atomic E-state index is -0.649. The van der Waals surface area contributed by atoms with Gasteiger partial charge >= 0.3 is 6.09 Å². The van der Waals surface area contributed by atoms with Crippen molar-refractivity contribution in [3.8, 4) is 0 Å². The van der Waals surface area contributed by atoms with Crippen molar-refractivity contribution in [1.29, 1.82) is 0 Å². The summed E-state index contributed by atoms with van der Waals surface area (Å²) in [6.07, 6.45) is 8.69. The Morgan fingerprint density at radius 3 is 2.83 bits per heavy atom. The van der Waals surface area contributed by atoms with Crippen molar-refractivity contribution in [1.82, 2.24) is 0 Å². The zero-order valence-electron chi connectivity index (χ0n) is 7.16. The van der Waals surface area contributed by atoms with Crippen LogP contribution in [0.2, 0.25) is 0 Å². The number of ether oxygens (including phenoxy) is 1. The predicted octanol–water partition coefficient (Wildman–Crippen LogP) is 1.97. The van der Waals surface area contributed by atoms with E-state index in [0.29, 0.717) is 0 Å². The summed E-state index contributed by atoms with van der Waals surface area (Å²) in [6.45, 7) is 0. The van der Waals surface area contributed by atoms with Gasteiger partial charge < -0.3 is 10.5 Å². The molecule has 0 aromatic carbocycles. The normalized spacial score (nSPS) is 24.2. The van der Waals surface area contributed by atoms with Gasteiger partial charge in [-0.3, -0.25) is 0 Å². The Bertz CT molecular complexity index is 177. The smallest absolute Gasteiger partial charge is 0.404 e. The lowest BCUT2D eigenvalue weighted by Crippen LogP contribution is -2.22. The topological polar surface area (TPSA) is 52.3 Å². The molecule has 1 rings (SSSR count). The molecule has 0 aromatic rings. The lowest BCUT2D eigenvalue weighted by atomic mass is 10.0. The van der Waals surface area contributed by atoms with Crippen LogP contribution in [0.15, 0.2) is 12.2 Å². The third kappa shape index (κ3) is 3.42. The molecular weight excluding hydrogens is 154 g/mol. The number of hydrogen-bond acceptors (Lipinski definition) is 2. The van der Waals surface area contributed by atoms with E-state index in [1.807, 2.05) is 0 Å². The molecule has 0 bridgehead atoms. The predicted molar refractivity (Wildman–Crippen MR) is 46.7 cm³/mol. The van der Waals surface area contributed by atoms with Gasteiger partial charge in [-0.05, 0) is 32.1 Å². The van der Waals surface area contributed by atoms with Gasteiger partial charge in [0.1, 0.15) is 6.10 Å². The average Bonchev–Trinajstić information content (AvgIpc) is 1.93. The standard InChI is InChI=1S/C9H15NO2/c10-9(11)12-8-6-4-2-1-3-5-7-8/h1-2,8H,3-7H2,(H2,10,11). The van der Waals surface area contributed by atoms with Crippen LogP contribution < -0.4 is 5.73 Å². The molecule has 0 aliphatic heterocycles. The van der Waals surface area contributed by atoms with Crippen LogP contribution >= 0.6 is 0 Å². The summed E-state index contributed by atoms with van der Waals surface area (Å²) in [7, 11) is 0. The Kier molecular flexibility index (Phi) is 3.64. The van der Waals surface area contributed by atoms with Crippen LogP contribution in [-0.4, -0.2) is 12.2 Å². The van der Waals surface area contributed by atoms with E-state index in [4.69, 9.17) is 10.5 Å². The average molecular weight is 169 g/mol. The van der Waals surface area contributed by atoms with Crippen molar-refractivity contribution in [2.45, 2.75) is 38.2 Å². The molecule has 0 saturated carbocycles. The molecule has 1 unspecified atom stereocenters. The first-order valence-electron chi connectivity index (χ1n) is 4.40. The molecule has 0 heterocycles. The third-order valence-electron chi connectivity index (χ3n) is 2.00. The van der Waals surface area contributed by atoms with E-state index in [-0.39, 0.29) is 6.10 Å². The Labute approximate surface area is 72.6 Å². The van der Waals surface area contributed by atoms with Crippen molar-refractivity contribution < 1.29 is 9.53 Å². The maximum atomic E-state index is 10.4. The molecule has 1 aliphatic carbocycles. The van der Waals surface area contributed by atoms with Gasteiger partial charge in [0.15, 0.2) is 0 Å². The lowest BCUT2D eigenvalue weighted by Gasteiger charge is -2.16. The Morgan fingerprint density at radius 1 is 1.33 bits per heavy atom. The van der Waals surface area contributed by atoms with Crippen molar-refractivity contribution in [3.05, 3.63) is 12.2 Å². The highest BCUT2D eigenvalue weighted by molar-refractivity contribution is 5.64. The van der Waals surface area contributed by atoms with Gasteiger partial charge in [-0.2, -0.15) is 0 Å². The fourth-order valence-electron chi connectivity index (χ4n) is 1.41. The van der Waals surface area contributed by atoms with E-state index < -0.39 is 6.09 Å². The molecule has 0 radical (unpaired) electrons. The first kappa shape index (κ1) is 9.10. The highest BCUT2D eigenvalue weighted by Crippen LogP contribution is 2.14. The second-order valence-electron chi connectivity index (χ2n) is 3.04. The highest BCUT2D eigenvalue weighted by Gasteiger charge is 2.11. The number of allylic oxidation sites excluding steroid dienone is 2. The van der Waals surface area contributed by atoms with Crippen molar-refractivity contribution >= 4 is 6.09 Å². The molecule has 12 heavy (non-hydrogen) atoms. The first-order valence-corrected chi connectivity index (χ1v) is 4.40. The van der Waals surface area contributed by atoms with Crippen molar-refractivity contribution in [2.75, 3.05) is 0 Å². The molecule has 0 aromatic heterocycles. The van der Waals surface area contributed by atoms with Crippen LogP contribution in [0.25, 0.3) is 0 Å². The maximum absolute atomic E-state index is 10.4. The number of amides is 1. The summed E-state index contributed by atoms with van der Waals surface area (Å²) < 4.78 is 4.93. The molecule has 1 amide bonds. The van der Waals surface area contributed by atoms with Gasteiger partial charge in [-0.25, -0.2) is 4.79 Å². The van der Waals surface area contributed by atoms with Crippen LogP contribution in [0.3, 0.4) is 0 Å². The van der Waals surface area contributed by atoms with Gasteiger partial charge in [0.05, 0.1) is 0 Å². The monoisotopic (exact) mass is 169 g/mol. The van der Waals surface area contributed by atoms with Crippen molar-refractivity contribution in [3.63, 3.8) is 0 Å². The second kappa shape index (κ2) is 4.80. The summed E-state index contributed by atoms with van der Waals surface area (Å²) >= 11 is 0. The molecule has 1 aliphatic rings. The SMILES string of the molecule is NC(=O)OC1CCC=CCCC1. The summed E-state index contributed by atoms with van der Waals surface area (Å²) in [6, 6.07) is 0. The van der Waals surface area contributed by atoms with Gasteiger partial charge in [0.2, 0.25) is 0 Å². The van der Waals surface area contributed by atoms with E-state index in [1.54, 1.807) is 0 Å². The Balaban J connectivity index is 2.32. The molecular formula is C9H15NO2. The fraction of sp³-hybridized carbons (Fsp3) is 0.667. The molecule has 3 nitrogen and oxygen atoms in total. The van der Waals surface area contributed by atoms with Crippen molar-refractivity contribution in [2.24, 2.45) is 5.73 Å². The zero-order valence-corrected chi connectivity index (χ0v) is 7.16. The molecule has 0 spiro atoms. The lowest BCUT2D eigenvalue weighted by molar-refractivity contribution is 0.0946. The van der Waals surface area contributed by atoms with E-state index in [9.17, 15) is 4.79 Å². The highest BCUT2D eigenvalue weighted by atomic mass is 16.6. The van der Waals surface area contributed by atoms with Crippen LogP contribution in [-0.2, 0) is 4.74 Å². The minimum absolute atomic E-state index is 0.0347. The van der Waals surface area contributed by atoms with Crippen LogP contribution in [0.4, 0.5) is 4.79 Å². The van der Waals surface area contributed by atoms with Crippen LogP contribution in [0.5, 0.6) is 0 Å². The Morgan fingerprint density at radius 2 is 2.08 bits per heavy atom. The number of hydrogen-bond donors (Lipinski definition) is 1. The van der Waals surface area contributed by atoms with E-state index >= 15 is 0 Å². The van der Waals surface area contributed by atoms with E-state index in [2.05, 4.69) is 12.2 Å². The summed E-state index contributed by atoms with van der Waals surface area (Å²) in [5, 5.41) is 0. The number of rotatable bonds is 1. The molecule has 2 N–H and O–H groups in total. The van der Waals surface area contributed by atoms with Crippen LogP contribution in [0.1, 0.15) is 32.1 Å². The minimum Gasteiger partial charge on any atom is -0.446 e. The fourth-order valence-corrected chi connectivity index (χ4v) is 1.41. The number of primary amides is 1. The van der Waals surface area contributed by atoms with Crippen LogP contribution in [0, 0.1) is 0 Å². The summed E-state index contributed by atoms with van der Waals surface area (Å²) in [5.41, 5.74) is 4.93. The molecule has 1 atom stereocenters. The zero-order chi connectivity index (χ0) is 8.81. The second-order valence-corrected chi connectivity index (χ2v) is 3.04. The quantitative estimate of drug-likeness (QED) is 0.610. The largest absolute Gasteiger partial charge is 0.446 e. The maximum Gasteiger partial charge on any atom is 0.404 e. The van der Waals surface area contributed by atoms with Gasteiger partial charge in [0, 0.05) is 0 Å². The summed E-state index contributed by atoms with van der Waals surface area (Å²) in [5.74, 6) is 0. The van der Waals surface area contributed by atoms with Gasteiger partial charge in [0.25, 0.3) is 0 Å². The molecule has 68 valence electrons. The number of carbonyl (C=O) groups is 1. The Hall–Kier alpha value is -0.990. The van der Waals surface area contributed by atoms with E-state index in [0.717, 1.165) is 32.1 Å². The molecule has 3 heteroatoms.